The second-order valence-electron chi connectivity index (χ2n) is 3.37. The Hall–Kier alpha value is -0.470. The van der Waals surface area contributed by atoms with Crippen LogP contribution in [0, 0.1) is 0 Å². The van der Waals surface area contributed by atoms with E-state index in [1.165, 1.54) is 30.0 Å². The van der Waals surface area contributed by atoms with Crippen molar-refractivity contribution < 1.29 is 0 Å². The van der Waals surface area contributed by atoms with Crippen LogP contribution in [-0.4, -0.2) is 17.4 Å². The number of aryl methyl sites for hydroxylation is 1. The molecule has 70 valence electrons. The third-order valence-corrected chi connectivity index (χ3v) is 3.49. The van der Waals surface area contributed by atoms with Gasteiger partial charge in [0.15, 0.2) is 0 Å². The predicted molar refractivity (Wildman–Crippen MR) is 57.9 cm³/mol. The number of hydrogen-bond donors (Lipinski definition) is 0. The van der Waals surface area contributed by atoms with Crippen LogP contribution in [0.3, 0.4) is 0 Å². The highest BCUT2D eigenvalue weighted by atomic mass is 32.2. The molecule has 1 fully saturated rings. The molecular formula is C11H15NS. The molecule has 0 radical (unpaired) electrons. The molecular weight excluding hydrogens is 178 g/mol. The van der Waals surface area contributed by atoms with E-state index < -0.39 is 0 Å². The highest BCUT2D eigenvalue weighted by Crippen LogP contribution is 2.27. The van der Waals surface area contributed by atoms with Gasteiger partial charge in [0.1, 0.15) is 0 Å². The number of nitrogens with zero attached hydrogens (tertiary/aromatic N) is 1. The minimum atomic E-state index is 1.13. The van der Waals surface area contributed by atoms with Crippen molar-refractivity contribution in [2.75, 3.05) is 13.1 Å². The first-order valence-electron chi connectivity index (χ1n) is 4.90. The van der Waals surface area contributed by atoms with Gasteiger partial charge in [-0.15, -0.1) is 0 Å². The predicted octanol–water partition coefficient (Wildman–Crippen LogP) is 2.96. The van der Waals surface area contributed by atoms with Crippen LogP contribution < -0.4 is 0 Å². The van der Waals surface area contributed by atoms with Crippen LogP contribution in [0.25, 0.3) is 0 Å². The second kappa shape index (κ2) is 4.16. The van der Waals surface area contributed by atoms with Gasteiger partial charge in [-0.3, -0.25) is 0 Å². The standard InChI is InChI=1S/C11H15NS/c1-2-10-4-6-11(7-5-10)13-12-8-3-9-12/h4-7H,2-3,8-9H2,1H3. The Balaban J connectivity index is 1.96. The van der Waals surface area contributed by atoms with Gasteiger partial charge in [-0.25, -0.2) is 4.31 Å². The lowest BCUT2D eigenvalue weighted by atomic mass is 10.2. The lowest BCUT2D eigenvalue weighted by molar-refractivity contribution is 0.344. The molecule has 1 nitrogen and oxygen atoms in total. The smallest absolute Gasteiger partial charge is 0.0230 e. The molecule has 13 heavy (non-hydrogen) atoms. The van der Waals surface area contributed by atoms with E-state index in [2.05, 4.69) is 35.5 Å². The molecule has 1 aromatic rings. The summed E-state index contributed by atoms with van der Waals surface area (Å²) >= 11 is 1.88. The molecule has 1 aromatic carbocycles. The van der Waals surface area contributed by atoms with Crippen molar-refractivity contribution in [2.45, 2.75) is 24.7 Å². The van der Waals surface area contributed by atoms with Gasteiger partial charge in [-0.2, -0.15) is 0 Å². The van der Waals surface area contributed by atoms with Crippen molar-refractivity contribution in [3.8, 4) is 0 Å². The molecule has 1 heterocycles. The van der Waals surface area contributed by atoms with Crippen molar-refractivity contribution in [2.24, 2.45) is 0 Å². The third kappa shape index (κ3) is 2.26. The first-order chi connectivity index (χ1) is 6.38. The van der Waals surface area contributed by atoms with Gasteiger partial charge < -0.3 is 0 Å². The quantitative estimate of drug-likeness (QED) is 0.679. The van der Waals surface area contributed by atoms with Gasteiger partial charge in [-0.1, -0.05) is 19.1 Å². The van der Waals surface area contributed by atoms with Crippen LogP contribution in [0.5, 0.6) is 0 Å². The summed E-state index contributed by atoms with van der Waals surface area (Å²) in [5.41, 5.74) is 1.42. The van der Waals surface area contributed by atoms with Gasteiger partial charge in [0, 0.05) is 18.0 Å². The average Bonchev–Trinajstić information content (AvgIpc) is 2.12. The molecule has 0 atom stereocenters. The lowest BCUT2D eigenvalue weighted by Gasteiger charge is -2.29. The fourth-order valence-electron chi connectivity index (χ4n) is 1.31. The maximum atomic E-state index is 2.40. The Kier molecular flexibility index (Phi) is 2.91. The molecule has 0 N–H and O–H groups in total. The number of benzene rings is 1. The molecule has 0 aromatic heterocycles. The molecule has 0 bridgehead atoms. The largest absolute Gasteiger partial charge is 0.246 e. The maximum absolute atomic E-state index is 2.40. The second-order valence-corrected chi connectivity index (χ2v) is 4.54. The normalized spacial score (nSPS) is 17.0. The molecule has 1 aliphatic heterocycles. The van der Waals surface area contributed by atoms with Crippen molar-refractivity contribution >= 4 is 11.9 Å². The minimum Gasteiger partial charge on any atom is -0.246 e. The molecule has 1 saturated heterocycles. The van der Waals surface area contributed by atoms with Crippen LogP contribution in [0.15, 0.2) is 29.2 Å². The fourth-order valence-corrected chi connectivity index (χ4v) is 2.31. The lowest BCUT2D eigenvalue weighted by Crippen LogP contribution is -2.30. The Morgan fingerprint density at radius 1 is 1.23 bits per heavy atom. The summed E-state index contributed by atoms with van der Waals surface area (Å²) in [7, 11) is 0. The molecule has 1 aliphatic rings. The molecule has 0 aliphatic carbocycles. The van der Waals surface area contributed by atoms with Crippen LogP contribution in [0.1, 0.15) is 18.9 Å². The molecule has 2 rings (SSSR count). The first-order valence-corrected chi connectivity index (χ1v) is 5.67. The highest BCUT2D eigenvalue weighted by molar-refractivity contribution is 7.97. The Morgan fingerprint density at radius 2 is 1.92 bits per heavy atom. The zero-order chi connectivity index (χ0) is 9.10. The van der Waals surface area contributed by atoms with Gasteiger partial charge in [0.05, 0.1) is 0 Å². The van der Waals surface area contributed by atoms with E-state index in [0.717, 1.165) is 6.42 Å². The number of hydrogen-bond acceptors (Lipinski definition) is 2. The van der Waals surface area contributed by atoms with E-state index in [9.17, 15) is 0 Å². The maximum Gasteiger partial charge on any atom is 0.0230 e. The summed E-state index contributed by atoms with van der Waals surface area (Å²) in [4.78, 5) is 1.37. The minimum absolute atomic E-state index is 1.13. The van der Waals surface area contributed by atoms with Crippen molar-refractivity contribution in [3.63, 3.8) is 0 Å². The molecule has 0 unspecified atom stereocenters. The van der Waals surface area contributed by atoms with Gasteiger partial charge >= 0.3 is 0 Å². The van der Waals surface area contributed by atoms with E-state index in [1.54, 1.807) is 0 Å². The fraction of sp³-hybridized carbons (Fsp3) is 0.455. The average molecular weight is 193 g/mol. The molecule has 0 spiro atoms. The van der Waals surface area contributed by atoms with Crippen molar-refractivity contribution in [1.29, 1.82) is 0 Å². The van der Waals surface area contributed by atoms with E-state index in [0.29, 0.717) is 0 Å². The molecule has 2 heteroatoms. The van der Waals surface area contributed by atoms with Gasteiger partial charge in [0.25, 0.3) is 0 Å². The van der Waals surface area contributed by atoms with Crippen molar-refractivity contribution in [3.05, 3.63) is 29.8 Å². The molecule has 0 saturated carbocycles. The summed E-state index contributed by atoms with van der Waals surface area (Å²) in [6.45, 7) is 4.69. The Labute approximate surface area is 84.3 Å². The van der Waals surface area contributed by atoms with Crippen LogP contribution in [0.4, 0.5) is 0 Å². The van der Waals surface area contributed by atoms with Gasteiger partial charge in [0.2, 0.25) is 0 Å². The summed E-state index contributed by atoms with van der Waals surface area (Å²) in [5, 5.41) is 0. The topological polar surface area (TPSA) is 3.24 Å². The zero-order valence-corrected chi connectivity index (χ0v) is 8.81. The van der Waals surface area contributed by atoms with Crippen molar-refractivity contribution in [1.82, 2.24) is 4.31 Å². The summed E-state index contributed by atoms with van der Waals surface area (Å²) in [6.07, 6.45) is 2.49. The van der Waals surface area contributed by atoms with E-state index >= 15 is 0 Å². The van der Waals surface area contributed by atoms with E-state index in [-0.39, 0.29) is 0 Å². The summed E-state index contributed by atoms with van der Waals surface area (Å²) < 4.78 is 2.40. The first kappa shape index (κ1) is 9.10. The number of rotatable bonds is 3. The van der Waals surface area contributed by atoms with Crippen LogP contribution in [0.2, 0.25) is 0 Å². The highest BCUT2D eigenvalue weighted by Gasteiger charge is 2.14. The monoisotopic (exact) mass is 193 g/mol. The third-order valence-electron chi connectivity index (χ3n) is 2.38. The van der Waals surface area contributed by atoms with E-state index in [1.807, 2.05) is 11.9 Å². The summed E-state index contributed by atoms with van der Waals surface area (Å²) in [5.74, 6) is 0. The Bertz CT molecular complexity index is 264. The Morgan fingerprint density at radius 3 is 2.38 bits per heavy atom. The van der Waals surface area contributed by atoms with E-state index in [4.69, 9.17) is 0 Å². The zero-order valence-electron chi connectivity index (χ0n) is 7.99. The van der Waals surface area contributed by atoms with Crippen LogP contribution in [-0.2, 0) is 6.42 Å². The molecule has 0 amide bonds. The van der Waals surface area contributed by atoms with Gasteiger partial charge in [-0.05, 0) is 42.5 Å². The SMILES string of the molecule is CCc1ccc(SN2CCC2)cc1. The summed E-state index contributed by atoms with van der Waals surface area (Å²) in [6, 6.07) is 8.90. The van der Waals surface area contributed by atoms with Crippen LogP contribution >= 0.6 is 11.9 Å².